The number of benzene rings is 2. The molecule has 1 fully saturated rings. The quantitative estimate of drug-likeness (QED) is 0.791. The van der Waals surface area contributed by atoms with Crippen molar-refractivity contribution in [1.82, 2.24) is 9.62 Å². The maximum Gasteiger partial charge on any atom is 0.243 e. The van der Waals surface area contributed by atoms with Crippen molar-refractivity contribution in [3.63, 3.8) is 0 Å². The summed E-state index contributed by atoms with van der Waals surface area (Å²) in [6.07, 6.45) is 1.15. The summed E-state index contributed by atoms with van der Waals surface area (Å²) in [5.41, 5.74) is 2.45. The Morgan fingerprint density at radius 2 is 1.97 bits per heavy atom. The molecule has 0 aliphatic carbocycles. The molecule has 0 saturated carbocycles. The summed E-state index contributed by atoms with van der Waals surface area (Å²) < 4.78 is 27.2. The Labute approximate surface area is 172 Å². The van der Waals surface area contributed by atoms with Crippen LogP contribution in [0.4, 0.5) is 0 Å². The standard InChI is InChI=1S/C22H25N3O3S/c1-16(2)20-13-17(10-11-18(20)14-23)15-24-22(26)21-9-6-12-25(21)29(27,28)19-7-4-3-5-8-19/h3-5,7-8,10-11,13,16,21H,6,9,12,15H2,1-2H3,(H,24,26)/t21-/m0/s1. The highest BCUT2D eigenvalue weighted by Crippen LogP contribution is 2.26. The van der Waals surface area contributed by atoms with E-state index in [1.807, 2.05) is 26.0 Å². The number of sulfonamides is 1. The van der Waals surface area contributed by atoms with Crippen molar-refractivity contribution in [3.05, 3.63) is 65.2 Å². The van der Waals surface area contributed by atoms with Gasteiger partial charge in [-0.25, -0.2) is 8.42 Å². The lowest BCUT2D eigenvalue weighted by molar-refractivity contribution is -0.124. The Hall–Kier alpha value is -2.69. The topological polar surface area (TPSA) is 90.3 Å². The second-order valence-corrected chi connectivity index (χ2v) is 9.38. The number of carbonyl (C=O) groups excluding carboxylic acids is 1. The summed E-state index contributed by atoms with van der Waals surface area (Å²) in [7, 11) is -3.71. The third-order valence-electron chi connectivity index (χ3n) is 5.18. The predicted octanol–water partition coefficient (Wildman–Crippen LogP) is 3.15. The van der Waals surface area contributed by atoms with Crippen LogP contribution >= 0.6 is 0 Å². The Kier molecular flexibility index (Phi) is 6.36. The molecule has 6 nitrogen and oxygen atoms in total. The molecule has 29 heavy (non-hydrogen) atoms. The van der Waals surface area contributed by atoms with Crippen molar-refractivity contribution in [2.75, 3.05) is 6.54 Å². The summed E-state index contributed by atoms with van der Waals surface area (Å²) in [4.78, 5) is 13.0. The van der Waals surface area contributed by atoms with Gasteiger partial charge in [0.15, 0.2) is 0 Å². The van der Waals surface area contributed by atoms with Crippen molar-refractivity contribution >= 4 is 15.9 Å². The summed E-state index contributed by atoms with van der Waals surface area (Å²) in [5.74, 6) is -0.0981. The van der Waals surface area contributed by atoms with Gasteiger partial charge in [0.25, 0.3) is 0 Å². The second-order valence-electron chi connectivity index (χ2n) is 7.49. The van der Waals surface area contributed by atoms with E-state index in [0.717, 1.165) is 11.1 Å². The molecule has 1 aliphatic heterocycles. The van der Waals surface area contributed by atoms with Crippen molar-refractivity contribution in [2.24, 2.45) is 0 Å². The van der Waals surface area contributed by atoms with E-state index >= 15 is 0 Å². The van der Waals surface area contributed by atoms with Gasteiger partial charge in [-0.2, -0.15) is 9.57 Å². The van der Waals surface area contributed by atoms with E-state index in [2.05, 4.69) is 11.4 Å². The highest BCUT2D eigenvalue weighted by atomic mass is 32.2. The number of hydrogen-bond donors (Lipinski definition) is 1. The molecule has 1 amide bonds. The molecule has 0 bridgehead atoms. The van der Waals surface area contributed by atoms with E-state index in [1.54, 1.807) is 36.4 Å². The number of hydrogen-bond acceptors (Lipinski definition) is 4. The van der Waals surface area contributed by atoms with Crippen LogP contribution in [0.2, 0.25) is 0 Å². The maximum atomic E-state index is 12.9. The third kappa shape index (κ3) is 4.50. The summed E-state index contributed by atoms with van der Waals surface area (Å²) in [6, 6.07) is 15.2. The Balaban J connectivity index is 1.72. The van der Waals surface area contributed by atoms with E-state index in [0.29, 0.717) is 31.5 Å². The molecule has 1 atom stereocenters. The first-order chi connectivity index (χ1) is 13.8. The zero-order valence-corrected chi connectivity index (χ0v) is 17.4. The SMILES string of the molecule is CC(C)c1cc(CNC(=O)[C@@H]2CCCN2S(=O)(=O)c2ccccc2)ccc1C#N. The van der Waals surface area contributed by atoms with Crippen molar-refractivity contribution in [2.45, 2.75) is 50.1 Å². The van der Waals surface area contributed by atoms with Crippen LogP contribution in [-0.4, -0.2) is 31.2 Å². The van der Waals surface area contributed by atoms with Gasteiger partial charge in [0.1, 0.15) is 6.04 Å². The van der Waals surface area contributed by atoms with Gasteiger partial charge in [-0.3, -0.25) is 4.79 Å². The third-order valence-corrected chi connectivity index (χ3v) is 7.10. The zero-order valence-electron chi connectivity index (χ0n) is 16.6. The van der Waals surface area contributed by atoms with Crippen molar-refractivity contribution in [3.8, 4) is 6.07 Å². The lowest BCUT2D eigenvalue weighted by atomic mass is 9.95. The van der Waals surface area contributed by atoms with E-state index in [-0.39, 0.29) is 16.7 Å². The van der Waals surface area contributed by atoms with Crippen LogP contribution in [-0.2, 0) is 21.4 Å². The number of nitrogens with one attached hydrogen (secondary N) is 1. The minimum Gasteiger partial charge on any atom is -0.351 e. The first-order valence-corrected chi connectivity index (χ1v) is 11.2. The maximum absolute atomic E-state index is 12.9. The number of amides is 1. The average molecular weight is 412 g/mol. The monoisotopic (exact) mass is 411 g/mol. The van der Waals surface area contributed by atoms with E-state index in [9.17, 15) is 18.5 Å². The largest absolute Gasteiger partial charge is 0.351 e. The van der Waals surface area contributed by atoms with Crippen LogP contribution < -0.4 is 5.32 Å². The van der Waals surface area contributed by atoms with E-state index < -0.39 is 16.1 Å². The van der Waals surface area contributed by atoms with Crippen LogP contribution in [0.15, 0.2) is 53.4 Å². The molecular formula is C22H25N3O3S. The molecule has 1 heterocycles. The second kappa shape index (κ2) is 8.76. The predicted molar refractivity (Wildman–Crippen MR) is 110 cm³/mol. The zero-order chi connectivity index (χ0) is 21.0. The molecule has 3 rings (SSSR count). The number of nitriles is 1. The molecule has 0 spiro atoms. The van der Waals surface area contributed by atoms with Crippen LogP contribution in [0.25, 0.3) is 0 Å². The van der Waals surface area contributed by atoms with Crippen LogP contribution in [0.1, 0.15) is 49.3 Å². The molecule has 1 aliphatic rings. The Morgan fingerprint density at radius 1 is 1.24 bits per heavy atom. The molecule has 1 saturated heterocycles. The Morgan fingerprint density at radius 3 is 2.62 bits per heavy atom. The highest BCUT2D eigenvalue weighted by Gasteiger charge is 2.39. The minimum absolute atomic E-state index is 0.196. The molecule has 1 N–H and O–H groups in total. The summed E-state index contributed by atoms with van der Waals surface area (Å²) in [6.45, 7) is 4.66. The summed E-state index contributed by atoms with van der Waals surface area (Å²) >= 11 is 0. The molecule has 0 unspecified atom stereocenters. The molecule has 0 radical (unpaired) electrons. The molecular weight excluding hydrogens is 386 g/mol. The number of nitrogens with zero attached hydrogens (tertiary/aromatic N) is 2. The molecule has 7 heteroatoms. The van der Waals surface area contributed by atoms with E-state index in [1.165, 1.54) is 4.31 Å². The van der Waals surface area contributed by atoms with Gasteiger partial charge in [-0.1, -0.05) is 44.2 Å². The number of carbonyl (C=O) groups is 1. The average Bonchev–Trinajstić information content (AvgIpc) is 3.23. The van der Waals surface area contributed by atoms with Gasteiger partial charge >= 0.3 is 0 Å². The smallest absolute Gasteiger partial charge is 0.243 e. The molecule has 0 aromatic heterocycles. The first-order valence-electron chi connectivity index (χ1n) is 9.72. The Bertz CT molecular complexity index is 1030. The van der Waals surface area contributed by atoms with Gasteiger partial charge in [0.2, 0.25) is 15.9 Å². The lowest BCUT2D eigenvalue weighted by Gasteiger charge is -2.23. The first kappa shape index (κ1) is 21.0. The fourth-order valence-corrected chi connectivity index (χ4v) is 5.30. The van der Waals surface area contributed by atoms with Crippen molar-refractivity contribution < 1.29 is 13.2 Å². The van der Waals surface area contributed by atoms with Gasteiger partial charge in [-0.05, 0) is 48.1 Å². The van der Waals surface area contributed by atoms with Crippen LogP contribution in [0.5, 0.6) is 0 Å². The highest BCUT2D eigenvalue weighted by molar-refractivity contribution is 7.89. The minimum atomic E-state index is -3.71. The fraction of sp³-hybridized carbons (Fsp3) is 0.364. The number of rotatable bonds is 6. The normalized spacial score (nSPS) is 17.2. The molecule has 2 aromatic rings. The van der Waals surface area contributed by atoms with Crippen LogP contribution in [0.3, 0.4) is 0 Å². The van der Waals surface area contributed by atoms with Crippen molar-refractivity contribution in [1.29, 1.82) is 5.26 Å². The van der Waals surface area contributed by atoms with Gasteiger partial charge in [0.05, 0.1) is 16.5 Å². The summed E-state index contributed by atoms with van der Waals surface area (Å²) in [5, 5.41) is 12.1. The lowest BCUT2D eigenvalue weighted by Crippen LogP contribution is -2.45. The van der Waals surface area contributed by atoms with Gasteiger partial charge < -0.3 is 5.32 Å². The molecule has 152 valence electrons. The van der Waals surface area contributed by atoms with E-state index in [4.69, 9.17) is 0 Å². The van der Waals surface area contributed by atoms with Gasteiger partial charge in [0, 0.05) is 13.1 Å². The fourth-order valence-electron chi connectivity index (χ4n) is 3.63. The molecule has 2 aromatic carbocycles. The van der Waals surface area contributed by atoms with Gasteiger partial charge in [-0.15, -0.1) is 0 Å². The van der Waals surface area contributed by atoms with Crippen LogP contribution in [0, 0.1) is 11.3 Å².